The van der Waals surface area contributed by atoms with Crippen LogP contribution in [0.5, 0.6) is 0 Å². The second-order valence-corrected chi connectivity index (χ2v) is 9.04. The summed E-state index contributed by atoms with van der Waals surface area (Å²) in [6.07, 6.45) is 4.66. The van der Waals surface area contributed by atoms with Gasteiger partial charge in [-0.2, -0.15) is 0 Å². The van der Waals surface area contributed by atoms with E-state index < -0.39 is 6.03 Å². The maximum Gasteiger partial charge on any atom is 0.326 e. The van der Waals surface area contributed by atoms with Gasteiger partial charge in [0.2, 0.25) is 17.7 Å². The molecule has 2 heterocycles. The van der Waals surface area contributed by atoms with Crippen LogP contribution in [0.2, 0.25) is 0 Å². The van der Waals surface area contributed by atoms with Crippen LogP contribution >= 0.6 is 0 Å². The molecule has 3 amide bonds. The van der Waals surface area contributed by atoms with E-state index in [2.05, 4.69) is 33.1 Å². The lowest BCUT2D eigenvalue weighted by atomic mass is 10.1. The van der Waals surface area contributed by atoms with Crippen molar-refractivity contribution in [1.82, 2.24) is 10.3 Å². The number of aromatic nitrogens is 3. The highest BCUT2D eigenvalue weighted by Crippen LogP contribution is 2.48. The number of amides is 3. The molecule has 0 spiro atoms. The molecule has 1 aliphatic carbocycles. The van der Waals surface area contributed by atoms with Crippen molar-refractivity contribution >= 4 is 29.2 Å². The van der Waals surface area contributed by atoms with E-state index in [9.17, 15) is 9.59 Å². The largest absolute Gasteiger partial charge is 0.326 e. The van der Waals surface area contributed by atoms with Gasteiger partial charge in [0.25, 0.3) is 6.20 Å². The van der Waals surface area contributed by atoms with Crippen molar-refractivity contribution in [3.05, 3.63) is 95.9 Å². The monoisotopic (exact) mass is 483 g/mol. The van der Waals surface area contributed by atoms with Crippen LogP contribution in [0.4, 0.5) is 22.1 Å². The van der Waals surface area contributed by atoms with E-state index >= 15 is 0 Å². The Hall–Kier alpha value is -4.53. The Balaban J connectivity index is 1.24. The van der Waals surface area contributed by atoms with Crippen LogP contribution in [0.15, 0.2) is 83.6 Å². The molecule has 3 N–H and O–H groups in total. The summed E-state index contributed by atoms with van der Waals surface area (Å²) in [5.41, 5.74) is 4.07. The number of benzene rings is 2. The van der Waals surface area contributed by atoms with Crippen LogP contribution in [0, 0.1) is 5.92 Å². The van der Waals surface area contributed by atoms with Crippen molar-refractivity contribution < 1.29 is 18.8 Å². The van der Waals surface area contributed by atoms with Gasteiger partial charge in [-0.25, -0.2) is 4.79 Å². The van der Waals surface area contributed by atoms with E-state index in [1.54, 1.807) is 23.1 Å². The minimum Gasteiger partial charge on any atom is -0.326 e. The summed E-state index contributed by atoms with van der Waals surface area (Å²) in [7, 11) is 0. The number of anilines is 3. The smallest absolute Gasteiger partial charge is 0.326 e. The first-order valence-electron chi connectivity index (χ1n) is 11.8. The van der Waals surface area contributed by atoms with Gasteiger partial charge < -0.3 is 10.6 Å². The van der Waals surface area contributed by atoms with Crippen LogP contribution < -0.4 is 20.6 Å². The quantitative estimate of drug-likeness (QED) is 0.323. The number of hydrogen-bond donors (Lipinski definition) is 3. The zero-order valence-electron chi connectivity index (χ0n) is 19.8. The number of urea groups is 1. The molecule has 9 heteroatoms. The summed E-state index contributed by atoms with van der Waals surface area (Å²) in [5, 5.41) is 12.4. The third kappa shape index (κ3) is 6.12. The SMILES string of the molecule is C[C@@H]1C[C@H]1c1cc(NC(=O)Cc2ccccc2)cc(NC(=O)Nc2c[n+](Cc3ccccn3)no2)c1. The number of rotatable bonds is 8. The molecule has 1 saturated carbocycles. The van der Waals surface area contributed by atoms with Gasteiger partial charge in [-0.05, 0) is 64.4 Å². The minimum atomic E-state index is -0.473. The second-order valence-electron chi connectivity index (χ2n) is 9.04. The van der Waals surface area contributed by atoms with Gasteiger partial charge in [0.1, 0.15) is 5.69 Å². The predicted octanol–water partition coefficient (Wildman–Crippen LogP) is 4.35. The molecule has 9 nitrogen and oxygen atoms in total. The van der Waals surface area contributed by atoms with Crippen molar-refractivity contribution in [2.75, 3.05) is 16.0 Å². The van der Waals surface area contributed by atoms with E-state index in [0.29, 0.717) is 29.8 Å². The molecule has 0 bridgehead atoms. The molecule has 36 heavy (non-hydrogen) atoms. The Morgan fingerprint density at radius 1 is 1.00 bits per heavy atom. The Morgan fingerprint density at radius 2 is 1.75 bits per heavy atom. The molecule has 2 atom stereocenters. The second kappa shape index (κ2) is 10.4. The molecule has 1 aliphatic rings. The number of nitrogens with one attached hydrogen (secondary N) is 3. The van der Waals surface area contributed by atoms with Crippen LogP contribution in [-0.4, -0.2) is 22.2 Å². The van der Waals surface area contributed by atoms with E-state index in [4.69, 9.17) is 4.52 Å². The molecule has 0 aliphatic heterocycles. The summed E-state index contributed by atoms with van der Waals surface area (Å²) in [6.45, 7) is 2.61. The summed E-state index contributed by atoms with van der Waals surface area (Å²) < 4.78 is 6.77. The average Bonchev–Trinajstić information content (AvgIpc) is 3.44. The first-order chi connectivity index (χ1) is 17.5. The topological polar surface area (TPSA) is 113 Å². The average molecular weight is 484 g/mol. The highest BCUT2D eigenvalue weighted by atomic mass is 16.5. The number of nitrogens with zero attached hydrogens (tertiary/aromatic N) is 3. The third-order valence-electron chi connectivity index (χ3n) is 6.04. The Labute approximate surface area is 208 Å². The Kier molecular flexibility index (Phi) is 6.70. The summed E-state index contributed by atoms with van der Waals surface area (Å²) in [6, 6.07) is 20.4. The van der Waals surface area contributed by atoms with Crippen molar-refractivity contribution in [2.45, 2.75) is 32.2 Å². The van der Waals surface area contributed by atoms with Gasteiger partial charge in [-0.3, -0.25) is 19.6 Å². The lowest BCUT2D eigenvalue weighted by Crippen LogP contribution is -2.35. The van der Waals surface area contributed by atoms with Crippen LogP contribution in [0.1, 0.15) is 36.1 Å². The minimum absolute atomic E-state index is 0.114. The standard InChI is InChI=1S/C27H26N6O3/c1-18-11-24(18)20-13-22(29-25(34)12-19-7-3-2-4-8-19)15-23(14-20)30-27(35)31-26-17-33(32-36-26)16-21-9-5-6-10-28-21/h2-10,13-15,17-18,24H,11-12,16H2,1H3,(H2-,29,30,31,32,34,35)/p+1/t18-,24-/m1/s1. The molecule has 4 aromatic rings. The highest BCUT2D eigenvalue weighted by Gasteiger charge is 2.34. The van der Waals surface area contributed by atoms with E-state index in [1.165, 1.54) is 0 Å². The number of carbonyl (C=O) groups is 2. The lowest BCUT2D eigenvalue weighted by Gasteiger charge is -2.12. The van der Waals surface area contributed by atoms with Crippen LogP contribution in [0.25, 0.3) is 0 Å². The molecule has 0 saturated heterocycles. The van der Waals surface area contributed by atoms with Gasteiger partial charge in [0.15, 0.2) is 0 Å². The number of carbonyl (C=O) groups excluding carboxylic acids is 2. The molecule has 5 rings (SSSR count). The highest BCUT2D eigenvalue weighted by molar-refractivity contribution is 6.00. The Bertz CT molecular complexity index is 1360. The van der Waals surface area contributed by atoms with Gasteiger partial charge in [-0.1, -0.05) is 43.3 Å². The third-order valence-corrected chi connectivity index (χ3v) is 6.04. The van der Waals surface area contributed by atoms with E-state index in [-0.39, 0.29) is 18.2 Å². The first-order valence-corrected chi connectivity index (χ1v) is 11.8. The molecule has 0 radical (unpaired) electrons. The number of hydrogen-bond acceptors (Lipinski definition) is 5. The fourth-order valence-corrected chi connectivity index (χ4v) is 4.12. The fourth-order valence-electron chi connectivity index (χ4n) is 4.12. The molecule has 1 fully saturated rings. The van der Waals surface area contributed by atoms with Crippen molar-refractivity contribution in [3.63, 3.8) is 0 Å². The molecular formula is C27H27N6O3+. The zero-order valence-corrected chi connectivity index (χ0v) is 19.8. The van der Waals surface area contributed by atoms with Crippen molar-refractivity contribution in [3.8, 4) is 0 Å². The van der Waals surface area contributed by atoms with Gasteiger partial charge >= 0.3 is 11.9 Å². The van der Waals surface area contributed by atoms with Gasteiger partial charge in [0, 0.05) is 17.6 Å². The summed E-state index contributed by atoms with van der Waals surface area (Å²) in [5.74, 6) is 1.08. The Morgan fingerprint density at radius 3 is 2.47 bits per heavy atom. The maximum atomic E-state index is 12.7. The van der Waals surface area contributed by atoms with E-state index in [0.717, 1.165) is 23.2 Å². The normalized spacial score (nSPS) is 16.2. The van der Waals surface area contributed by atoms with Gasteiger partial charge in [-0.15, -0.1) is 0 Å². The van der Waals surface area contributed by atoms with Crippen LogP contribution in [0.3, 0.4) is 0 Å². The lowest BCUT2D eigenvalue weighted by molar-refractivity contribution is -0.755. The zero-order chi connectivity index (χ0) is 24.9. The molecule has 0 unspecified atom stereocenters. The molecular weight excluding hydrogens is 456 g/mol. The predicted molar refractivity (Wildman–Crippen MR) is 134 cm³/mol. The van der Waals surface area contributed by atoms with E-state index in [1.807, 2.05) is 60.7 Å². The maximum absolute atomic E-state index is 12.7. The van der Waals surface area contributed by atoms with Gasteiger partial charge in [0.05, 0.1) is 6.42 Å². The number of pyridine rings is 1. The van der Waals surface area contributed by atoms with Crippen molar-refractivity contribution in [1.29, 1.82) is 0 Å². The fraction of sp³-hybridized carbons (Fsp3) is 0.222. The summed E-state index contributed by atoms with van der Waals surface area (Å²) >= 11 is 0. The first kappa shape index (κ1) is 23.2. The van der Waals surface area contributed by atoms with Crippen LogP contribution in [-0.2, 0) is 17.8 Å². The molecule has 2 aromatic heterocycles. The molecule has 182 valence electrons. The van der Waals surface area contributed by atoms with Crippen molar-refractivity contribution in [2.24, 2.45) is 5.92 Å². The molecule has 2 aromatic carbocycles. The summed E-state index contributed by atoms with van der Waals surface area (Å²) in [4.78, 5) is 29.5.